The van der Waals surface area contributed by atoms with Crippen LogP contribution in [0.5, 0.6) is 0 Å². The van der Waals surface area contributed by atoms with Gasteiger partial charge in [-0.1, -0.05) is 81.5 Å². The molecule has 0 aromatic rings. The third kappa shape index (κ3) is 62.7. The zero-order valence-corrected chi connectivity index (χ0v) is 51.2. The number of nitrogens with zero attached hydrogens (tertiary/aromatic N) is 4. The second-order valence-corrected chi connectivity index (χ2v) is 20.6. The number of quaternary nitrogens is 2. The molecule has 12 nitrogen and oxygen atoms in total. The molecule has 0 heterocycles. The van der Waals surface area contributed by atoms with Gasteiger partial charge in [0, 0.05) is 39.2 Å². The molecule has 6 unspecified atom stereocenters. The summed E-state index contributed by atoms with van der Waals surface area (Å²) < 4.78 is 50.1. The molecule has 0 spiro atoms. The first-order chi connectivity index (χ1) is 32.4. The number of ether oxygens (including phenoxy) is 8. The molecule has 444 valence electrons. The Bertz CT molecular complexity index is 1100. The van der Waals surface area contributed by atoms with E-state index in [0.29, 0.717) is 51.4 Å². The SMILES string of the molecule is C.C.CC/C=C/C[N+](C)(C)CCCOC(CC)COC(CC)COCC(CC)OCCC[N+](C)(C)C.CCC(COCC(CC)OCC(CC)OCCCN(C)C)OCCCN(C)C.ClC/C=C/CCl.[Cl-].[Cl-].[HH]. The van der Waals surface area contributed by atoms with Gasteiger partial charge < -0.3 is 81.5 Å². The van der Waals surface area contributed by atoms with E-state index in [0.717, 1.165) is 139 Å². The van der Waals surface area contributed by atoms with Gasteiger partial charge in [-0.3, -0.25) is 0 Å². The number of rotatable bonds is 45. The highest BCUT2D eigenvalue weighted by molar-refractivity contribution is 6.20. The lowest BCUT2D eigenvalue weighted by Crippen LogP contribution is -3.00. The molecule has 0 aliphatic heterocycles. The minimum absolute atomic E-state index is 0. The van der Waals surface area contributed by atoms with E-state index in [-0.39, 0.29) is 77.7 Å². The van der Waals surface area contributed by atoms with Crippen LogP contribution in [-0.2, 0) is 37.9 Å². The molecule has 0 bridgehead atoms. The van der Waals surface area contributed by atoms with Gasteiger partial charge in [-0.15, -0.1) is 23.2 Å². The van der Waals surface area contributed by atoms with Gasteiger partial charge in [-0.05, 0) is 105 Å². The van der Waals surface area contributed by atoms with Gasteiger partial charge in [0.2, 0.25) is 0 Å². The predicted molar refractivity (Wildman–Crippen MR) is 308 cm³/mol. The van der Waals surface area contributed by atoms with Crippen LogP contribution >= 0.6 is 23.2 Å². The summed E-state index contributed by atoms with van der Waals surface area (Å²) in [5, 5.41) is 0. The molecule has 6 atom stereocenters. The Morgan fingerprint density at radius 2 is 0.736 bits per heavy atom. The van der Waals surface area contributed by atoms with E-state index in [1.165, 1.54) is 0 Å². The average molecular weight is 1120 g/mol. The zero-order chi connectivity index (χ0) is 51.9. The van der Waals surface area contributed by atoms with E-state index in [4.69, 9.17) is 61.1 Å². The van der Waals surface area contributed by atoms with Crippen LogP contribution in [0.4, 0.5) is 0 Å². The highest BCUT2D eigenvalue weighted by atomic mass is 35.5. The molecule has 0 fully saturated rings. The van der Waals surface area contributed by atoms with Gasteiger partial charge in [0.15, 0.2) is 0 Å². The topological polar surface area (TPSA) is 80.3 Å². The normalized spacial score (nSPS) is 14.2. The Morgan fingerprint density at radius 1 is 0.431 bits per heavy atom. The largest absolute Gasteiger partial charge is 1.00 e. The van der Waals surface area contributed by atoms with E-state index in [9.17, 15) is 0 Å². The van der Waals surface area contributed by atoms with Crippen LogP contribution in [0.2, 0.25) is 0 Å². The minimum atomic E-state index is 0. The summed E-state index contributed by atoms with van der Waals surface area (Å²) in [4.78, 5) is 4.36. The van der Waals surface area contributed by atoms with Crippen molar-refractivity contribution in [2.24, 2.45) is 0 Å². The molecular weight excluding hydrogens is 998 g/mol. The van der Waals surface area contributed by atoms with Crippen molar-refractivity contribution < 1.29 is 73.1 Å². The Kier molecular flexibility index (Phi) is 72.2. The van der Waals surface area contributed by atoms with E-state index in [1.807, 2.05) is 12.2 Å². The Hall–Kier alpha value is 0.160. The highest BCUT2D eigenvalue weighted by Crippen LogP contribution is 2.10. The molecule has 0 aliphatic carbocycles. The molecule has 0 radical (unpaired) electrons. The molecule has 0 saturated heterocycles. The van der Waals surface area contributed by atoms with Crippen LogP contribution in [0.15, 0.2) is 24.3 Å². The standard InChI is InChI=1S/C28H60N2O4.C22H48N2O4.C4H6Cl2.2CH4.2ClH.H2/c1-10-14-15-19-30(8,9)20-17-22-33-28(13-4)25-34-27(12-3)24-31-23-26(11-2)32-21-16-18-29(5,6)7;1-8-20(26-15-11-13-23(4)5)17-25-18-21(9-2)28-19-22(10-3)27-16-12-14-24(6)7;5-3-1-2-4-6;;;;;/h14-15,26-28H,10-13,16-25H2,1-9H3;20-22H,8-19H2,1-7H3;1-2H,3-4H2;2*1H4;3*1H/q+2;;;;;;;/p-2/b15-14+;;2-1+;;;;;. The summed E-state index contributed by atoms with van der Waals surface area (Å²) in [6.45, 7) is 27.5. The van der Waals surface area contributed by atoms with Crippen molar-refractivity contribution in [3.8, 4) is 0 Å². The summed E-state index contributed by atoms with van der Waals surface area (Å²) in [5.74, 6) is 1.12. The van der Waals surface area contributed by atoms with Crippen molar-refractivity contribution in [1.82, 2.24) is 9.80 Å². The number of hydrogen-bond acceptors (Lipinski definition) is 10. The summed E-state index contributed by atoms with van der Waals surface area (Å²) >= 11 is 10.5. The van der Waals surface area contributed by atoms with Crippen LogP contribution in [-0.4, -0.2) is 229 Å². The van der Waals surface area contributed by atoms with Crippen molar-refractivity contribution in [3.63, 3.8) is 0 Å². The maximum atomic E-state index is 6.15. The summed E-state index contributed by atoms with van der Waals surface area (Å²) in [7, 11) is 19.6. The smallest absolute Gasteiger partial charge is 0.0969 e. The first-order valence-electron chi connectivity index (χ1n) is 26.6. The van der Waals surface area contributed by atoms with Gasteiger partial charge in [-0.2, -0.15) is 0 Å². The predicted octanol–water partition coefficient (Wildman–Crippen LogP) is 5.76. The maximum absolute atomic E-state index is 6.15. The number of alkyl halides is 2. The summed E-state index contributed by atoms with van der Waals surface area (Å²) in [6, 6.07) is 0. The van der Waals surface area contributed by atoms with Gasteiger partial charge in [0.05, 0.1) is 144 Å². The zero-order valence-electron chi connectivity index (χ0n) is 48.1. The third-order valence-electron chi connectivity index (χ3n) is 11.1. The molecule has 0 rings (SSSR count). The Morgan fingerprint density at radius 3 is 1.03 bits per heavy atom. The molecule has 0 aliphatic rings. The number of allylic oxidation sites excluding steroid dienone is 3. The second-order valence-electron chi connectivity index (χ2n) is 19.9. The Labute approximate surface area is 472 Å². The van der Waals surface area contributed by atoms with E-state index < -0.39 is 0 Å². The maximum Gasteiger partial charge on any atom is 0.0969 e. The lowest BCUT2D eigenvalue weighted by atomic mass is 10.2. The number of halogens is 4. The fourth-order valence-electron chi connectivity index (χ4n) is 6.39. The van der Waals surface area contributed by atoms with Crippen LogP contribution < -0.4 is 24.8 Å². The molecule has 0 saturated carbocycles. The monoisotopic (exact) mass is 1120 g/mol. The molecule has 0 N–H and O–H groups in total. The van der Waals surface area contributed by atoms with Crippen LogP contribution in [0, 0.1) is 0 Å². The molecule has 16 heteroatoms. The third-order valence-corrected chi connectivity index (χ3v) is 11.5. The van der Waals surface area contributed by atoms with Gasteiger partial charge >= 0.3 is 0 Å². The highest BCUT2D eigenvalue weighted by Gasteiger charge is 2.18. The van der Waals surface area contributed by atoms with Gasteiger partial charge in [0.1, 0.15) is 0 Å². The summed E-state index contributed by atoms with van der Waals surface area (Å²) in [6.07, 6.45) is 20.1. The van der Waals surface area contributed by atoms with E-state index in [1.54, 1.807) is 0 Å². The number of hydrogen-bond donors (Lipinski definition) is 0. The van der Waals surface area contributed by atoms with E-state index in [2.05, 4.69) is 134 Å². The van der Waals surface area contributed by atoms with Crippen molar-refractivity contribution in [1.29, 1.82) is 0 Å². The van der Waals surface area contributed by atoms with Crippen LogP contribution in [0.25, 0.3) is 0 Å². The molecule has 0 aromatic carbocycles. The lowest BCUT2D eigenvalue weighted by molar-refractivity contribution is -0.884. The quantitative estimate of drug-likeness (QED) is 0.0326. The Balaban J connectivity index is -0.000000165. The van der Waals surface area contributed by atoms with Crippen molar-refractivity contribution in [2.45, 2.75) is 171 Å². The molecule has 72 heavy (non-hydrogen) atoms. The lowest BCUT2D eigenvalue weighted by Gasteiger charge is -2.29. The first kappa shape index (κ1) is 86.1. The average Bonchev–Trinajstić information content (AvgIpc) is 3.30. The molecule has 0 amide bonds. The van der Waals surface area contributed by atoms with Crippen molar-refractivity contribution in [3.05, 3.63) is 24.3 Å². The van der Waals surface area contributed by atoms with Crippen molar-refractivity contribution >= 4 is 23.2 Å². The first-order valence-corrected chi connectivity index (χ1v) is 27.7. The second kappa shape index (κ2) is 60.4. The van der Waals surface area contributed by atoms with Crippen LogP contribution in [0.1, 0.15) is 135 Å². The van der Waals surface area contributed by atoms with Gasteiger partial charge in [-0.25, -0.2) is 0 Å². The minimum Gasteiger partial charge on any atom is -1.00 e. The molecule has 0 aromatic heterocycles. The number of likely N-dealkylation sites (N-methyl/N-ethyl adjacent to an activating group) is 1. The fourth-order valence-corrected chi connectivity index (χ4v) is 6.64. The van der Waals surface area contributed by atoms with Crippen molar-refractivity contribution in [2.75, 3.05) is 174 Å². The molecular formula is C56H124Cl4N4O8. The van der Waals surface area contributed by atoms with E-state index >= 15 is 0 Å². The summed E-state index contributed by atoms with van der Waals surface area (Å²) in [5.41, 5.74) is 0. The van der Waals surface area contributed by atoms with Crippen LogP contribution in [0.3, 0.4) is 0 Å². The van der Waals surface area contributed by atoms with Gasteiger partial charge in [0.25, 0.3) is 0 Å². The fraction of sp³-hybridized carbons (Fsp3) is 0.929.